The fourth-order valence-corrected chi connectivity index (χ4v) is 6.17. The molecule has 3 atom stereocenters. The fraction of sp³-hybridized carbons (Fsp3) is 0.455. The van der Waals surface area contributed by atoms with Gasteiger partial charge in [-0.2, -0.15) is 0 Å². The predicted molar refractivity (Wildman–Crippen MR) is 123 cm³/mol. The topological polar surface area (TPSA) is 76.1 Å². The zero-order valence-electron chi connectivity index (χ0n) is 17.1. The lowest BCUT2D eigenvalue weighted by molar-refractivity contribution is 0.371. The molecule has 6 nitrogen and oxygen atoms in total. The molecule has 5 rings (SSSR count). The maximum absolute atomic E-state index is 12.8. The minimum Gasteiger partial charge on any atom is -0.496 e. The summed E-state index contributed by atoms with van der Waals surface area (Å²) in [7, 11) is 1.73. The number of aryl methyl sites for hydroxylation is 1. The number of fused-ring (bicyclic) bond motifs is 4. The van der Waals surface area contributed by atoms with Crippen LogP contribution < -0.4 is 21.3 Å². The molecule has 1 saturated heterocycles. The average molecular weight is 448 g/mol. The van der Waals surface area contributed by atoms with Gasteiger partial charge in [-0.3, -0.25) is 9.36 Å². The van der Waals surface area contributed by atoms with Gasteiger partial charge in [-0.15, -0.1) is 23.7 Å². The fourth-order valence-electron chi connectivity index (χ4n) is 5.22. The van der Waals surface area contributed by atoms with Crippen molar-refractivity contribution in [2.75, 3.05) is 13.7 Å². The van der Waals surface area contributed by atoms with E-state index in [-0.39, 0.29) is 29.7 Å². The van der Waals surface area contributed by atoms with Crippen molar-refractivity contribution in [3.63, 3.8) is 0 Å². The molecule has 0 saturated carbocycles. The van der Waals surface area contributed by atoms with Crippen LogP contribution in [0.1, 0.15) is 35.4 Å². The number of methoxy groups -OCH3 is 1. The van der Waals surface area contributed by atoms with Crippen LogP contribution in [-0.4, -0.2) is 29.2 Å². The van der Waals surface area contributed by atoms with E-state index in [1.54, 1.807) is 7.11 Å². The van der Waals surface area contributed by atoms with E-state index < -0.39 is 0 Å². The Bertz CT molecular complexity index is 1200. The number of hydrogen-bond acceptors (Lipinski definition) is 5. The number of nitrogens with one attached hydrogen (secondary N) is 2. The smallest absolute Gasteiger partial charge is 0.328 e. The second-order valence-electron chi connectivity index (χ2n) is 8.17. The maximum atomic E-state index is 12.8. The summed E-state index contributed by atoms with van der Waals surface area (Å²) in [4.78, 5) is 28.3. The first-order valence-corrected chi connectivity index (χ1v) is 11.1. The quantitative estimate of drug-likeness (QED) is 0.644. The molecule has 1 aromatic carbocycles. The van der Waals surface area contributed by atoms with E-state index >= 15 is 0 Å². The van der Waals surface area contributed by atoms with Gasteiger partial charge in [0.15, 0.2) is 0 Å². The van der Waals surface area contributed by atoms with Gasteiger partial charge in [0.25, 0.3) is 5.56 Å². The molecule has 3 heterocycles. The molecule has 2 aliphatic rings. The molecule has 1 aliphatic carbocycles. The van der Waals surface area contributed by atoms with Gasteiger partial charge in [-0.05, 0) is 66.8 Å². The monoisotopic (exact) mass is 447 g/mol. The Balaban J connectivity index is 0.00000218. The van der Waals surface area contributed by atoms with Crippen LogP contribution in [0.15, 0.2) is 33.2 Å². The third-order valence-corrected chi connectivity index (χ3v) is 7.74. The van der Waals surface area contributed by atoms with Crippen LogP contribution in [-0.2, 0) is 13.0 Å². The summed E-state index contributed by atoms with van der Waals surface area (Å²) in [5, 5.41) is 5.58. The summed E-state index contributed by atoms with van der Waals surface area (Å²) < 4.78 is 7.59. The van der Waals surface area contributed by atoms with Crippen molar-refractivity contribution in [1.29, 1.82) is 0 Å². The summed E-state index contributed by atoms with van der Waals surface area (Å²) in [5.74, 6) is 1.96. The van der Waals surface area contributed by atoms with Crippen LogP contribution in [0.2, 0.25) is 0 Å². The average Bonchev–Trinajstić information content (AvgIpc) is 3.31. The van der Waals surface area contributed by atoms with Gasteiger partial charge in [0, 0.05) is 18.5 Å². The Morgan fingerprint density at radius 2 is 2.13 bits per heavy atom. The second-order valence-corrected chi connectivity index (χ2v) is 9.05. The molecule has 1 fully saturated rings. The number of aromatic nitrogens is 2. The molecule has 8 heteroatoms. The Morgan fingerprint density at radius 3 is 2.93 bits per heavy atom. The van der Waals surface area contributed by atoms with E-state index in [1.165, 1.54) is 27.0 Å². The minimum absolute atomic E-state index is 0. The zero-order chi connectivity index (χ0) is 20.1. The van der Waals surface area contributed by atoms with Crippen molar-refractivity contribution in [2.45, 2.75) is 44.7 Å². The number of rotatable bonds is 4. The third kappa shape index (κ3) is 3.29. The molecule has 0 radical (unpaired) electrons. The number of ether oxygens (including phenoxy) is 1. The predicted octanol–water partition coefficient (Wildman–Crippen LogP) is 3.20. The first kappa shape index (κ1) is 21.2. The Kier molecular flexibility index (Phi) is 5.79. The summed E-state index contributed by atoms with van der Waals surface area (Å²) in [6.07, 6.45) is 2.93. The highest BCUT2D eigenvalue weighted by molar-refractivity contribution is 7.17. The van der Waals surface area contributed by atoms with Gasteiger partial charge in [-0.1, -0.05) is 12.1 Å². The molecule has 2 aromatic heterocycles. The highest BCUT2D eigenvalue weighted by atomic mass is 35.5. The maximum Gasteiger partial charge on any atom is 0.328 e. The lowest BCUT2D eigenvalue weighted by Crippen LogP contribution is -2.37. The molecule has 3 aromatic rings. The van der Waals surface area contributed by atoms with Crippen LogP contribution >= 0.6 is 23.7 Å². The normalized spacial score (nSPS) is 22.4. The van der Waals surface area contributed by atoms with Crippen molar-refractivity contribution in [3.05, 3.63) is 61.1 Å². The minimum atomic E-state index is -0.315. The second kappa shape index (κ2) is 8.21. The number of nitrogens with zero attached hydrogens (tertiary/aromatic N) is 1. The van der Waals surface area contributed by atoms with E-state index in [0.29, 0.717) is 28.6 Å². The molecule has 3 unspecified atom stereocenters. The molecule has 2 N–H and O–H groups in total. The third-order valence-electron chi connectivity index (χ3n) is 6.65. The molecular weight excluding hydrogens is 422 g/mol. The van der Waals surface area contributed by atoms with Crippen LogP contribution in [0.3, 0.4) is 0 Å². The number of benzene rings is 1. The number of halogens is 1. The molecule has 1 aliphatic heterocycles. The molecular formula is C22H26ClN3O3S. The van der Waals surface area contributed by atoms with E-state index in [0.717, 1.165) is 37.1 Å². The Hall–Kier alpha value is -2.09. The van der Waals surface area contributed by atoms with Crippen molar-refractivity contribution in [3.8, 4) is 5.75 Å². The van der Waals surface area contributed by atoms with E-state index in [1.807, 2.05) is 18.4 Å². The van der Waals surface area contributed by atoms with Gasteiger partial charge < -0.3 is 15.0 Å². The first-order chi connectivity index (χ1) is 14.1. The molecule has 160 valence electrons. The van der Waals surface area contributed by atoms with Gasteiger partial charge in [0.2, 0.25) is 0 Å². The zero-order valence-corrected chi connectivity index (χ0v) is 18.7. The standard InChI is InChI=1S/C22H25N3O3S.ClH/c1-12-11-29-20-19(12)24-22(27)25(21(20)26)9-8-16-18-13(10-23-16)6-7-14-15(18)4-3-5-17(14)28-2;/h3-5,11,13,16,18,23H,6-10H2,1-2H3,(H,24,27);1H. The van der Waals surface area contributed by atoms with Crippen LogP contribution in [0, 0.1) is 12.8 Å². The van der Waals surface area contributed by atoms with Crippen LogP contribution in [0.25, 0.3) is 10.2 Å². The summed E-state index contributed by atoms with van der Waals surface area (Å²) in [5.41, 5.74) is 3.80. The lowest BCUT2D eigenvalue weighted by Gasteiger charge is -2.32. The van der Waals surface area contributed by atoms with Crippen molar-refractivity contribution in [2.24, 2.45) is 5.92 Å². The largest absolute Gasteiger partial charge is 0.496 e. The number of aromatic amines is 1. The lowest BCUT2D eigenvalue weighted by atomic mass is 9.73. The number of hydrogen-bond donors (Lipinski definition) is 2. The molecule has 0 amide bonds. The number of H-pyrrole nitrogens is 1. The summed E-state index contributed by atoms with van der Waals surface area (Å²) >= 11 is 1.40. The van der Waals surface area contributed by atoms with Gasteiger partial charge in [-0.25, -0.2) is 4.79 Å². The first-order valence-electron chi connectivity index (χ1n) is 10.2. The highest BCUT2D eigenvalue weighted by Crippen LogP contribution is 2.45. The van der Waals surface area contributed by atoms with E-state index in [2.05, 4.69) is 22.4 Å². The molecule has 0 bridgehead atoms. The molecule has 30 heavy (non-hydrogen) atoms. The van der Waals surface area contributed by atoms with Crippen molar-refractivity contribution in [1.82, 2.24) is 14.9 Å². The summed E-state index contributed by atoms with van der Waals surface area (Å²) in [6, 6.07) is 6.57. The van der Waals surface area contributed by atoms with Gasteiger partial charge >= 0.3 is 5.69 Å². The Morgan fingerprint density at radius 1 is 1.30 bits per heavy atom. The Labute approximate surface area is 184 Å². The summed E-state index contributed by atoms with van der Waals surface area (Å²) in [6.45, 7) is 3.32. The van der Waals surface area contributed by atoms with E-state index in [4.69, 9.17) is 4.74 Å². The van der Waals surface area contributed by atoms with Crippen molar-refractivity contribution >= 4 is 34.0 Å². The van der Waals surface area contributed by atoms with E-state index in [9.17, 15) is 9.59 Å². The van der Waals surface area contributed by atoms with Gasteiger partial charge in [0.1, 0.15) is 10.4 Å². The van der Waals surface area contributed by atoms with Crippen molar-refractivity contribution < 1.29 is 4.74 Å². The number of thiophene rings is 1. The van der Waals surface area contributed by atoms with Crippen LogP contribution in [0.4, 0.5) is 0 Å². The SMILES string of the molecule is COc1cccc2c1CCC1CNC(CCn3c(=O)[nH]c4c(C)csc4c3=O)C21.Cl. The van der Waals surface area contributed by atoms with Gasteiger partial charge in [0.05, 0.1) is 12.6 Å². The molecule has 0 spiro atoms. The van der Waals surface area contributed by atoms with Crippen LogP contribution in [0.5, 0.6) is 5.75 Å². The highest BCUT2D eigenvalue weighted by Gasteiger charge is 2.40.